The van der Waals surface area contributed by atoms with E-state index in [1.54, 1.807) is 55.6 Å². The van der Waals surface area contributed by atoms with Crippen LogP contribution in [0.5, 0.6) is 11.5 Å². The molecule has 37 heavy (non-hydrogen) atoms. The number of ether oxygens (including phenoxy) is 2. The monoisotopic (exact) mass is 496 g/mol. The highest BCUT2D eigenvalue weighted by Crippen LogP contribution is 2.45. The number of aromatic amines is 1. The van der Waals surface area contributed by atoms with Crippen molar-refractivity contribution in [2.24, 2.45) is 0 Å². The number of amides is 1. The van der Waals surface area contributed by atoms with E-state index in [2.05, 4.69) is 4.98 Å². The molecular formula is C30H28N2O5. The molecule has 0 aliphatic carbocycles. The molecule has 4 aromatic rings. The summed E-state index contributed by atoms with van der Waals surface area (Å²) in [6.45, 7) is 5.76. The number of nitrogens with one attached hydrogen (secondary N) is 1. The Bertz CT molecular complexity index is 1510. The zero-order chi connectivity index (χ0) is 26.3. The lowest BCUT2D eigenvalue weighted by atomic mass is 9.93. The number of methoxy groups -OCH3 is 1. The van der Waals surface area contributed by atoms with Gasteiger partial charge >= 0.3 is 0 Å². The zero-order valence-corrected chi connectivity index (χ0v) is 21.1. The number of hydrogen-bond acceptors (Lipinski definition) is 5. The first-order chi connectivity index (χ1) is 17.8. The van der Waals surface area contributed by atoms with Gasteiger partial charge in [-0.3, -0.25) is 14.5 Å². The Hall–Kier alpha value is -4.52. The number of aliphatic hydroxyl groups is 1. The van der Waals surface area contributed by atoms with Crippen molar-refractivity contribution in [2.75, 3.05) is 12.0 Å². The van der Waals surface area contributed by atoms with Gasteiger partial charge in [-0.1, -0.05) is 18.2 Å². The number of para-hydroxylation sites is 1. The molecule has 1 aromatic heterocycles. The van der Waals surface area contributed by atoms with Crippen LogP contribution in [0.1, 0.15) is 36.7 Å². The number of hydrogen-bond donors (Lipinski definition) is 2. The first-order valence-electron chi connectivity index (χ1n) is 12.1. The Kier molecular flexibility index (Phi) is 6.21. The van der Waals surface area contributed by atoms with Crippen molar-refractivity contribution in [3.8, 4) is 11.5 Å². The van der Waals surface area contributed by atoms with Crippen molar-refractivity contribution in [2.45, 2.75) is 32.9 Å². The number of ketones is 1. The first-order valence-corrected chi connectivity index (χ1v) is 12.1. The second kappa shape index (κ2) is 9.50. The molecule has 1 amide bonds. The molecule has 1 fully saturated rings. The maximum absolute atomic E-state index is 13.5. The number of carbonyl (C=O) groups excluding carboxylic acids is 2. The van der Waals surface area contributed by atoms with E-state index < -0.39 is 17.7 Å². The fraction of sp³-hybridized carbons (Fsp3) is 0.200. The number of nitrogens with zero attached hydrogens (tertiary/aromatic N) is 1. The molecular weight excluding hydrogens is 468 g/mol. The SMILES string of the molecule is COc1ccc(N2C(=O)C(=O)/C(=C(/O)c3ccc(OC(C)C)cc3)C2c2c(C)[nH]c3ccccc23)cc1. The van der Waals surface area contributed by atoms with Gasteiger partial charge in [0.2, 0.25) is 0 Å². The number of carbonyl (C=O) groups is 2. The minimum Gasteiger partial charge on any atom is -0.507 e. The standard InChI is InChI=1S/C30H28N2O5/c1-17(2)37-22-13-9-19(10-14-22)28(33)26-27(25-18(3)31-24-8-6-5-7-23(24)25)32(30(35)29(26)34)20-11-15-21(36-4)16-12-20/h5-17,27,31,33H,1-4H3/b28-26+. The molecule has 1 unspecified atom stereocenters. The highest BCUT2D eigenvalue weighted by molar-refractivity contribution is 6.52. The van der Waals surface area contributed by atoms with E-state index in [0.29, 0.717) is 22.7 Å². The Morgan fingerprint density at radius 3 is 2.24 bits per heavy atom. The normalized spacial score (nSPS) is 17.1. The second-order valence-electron chi connectivity index (χ2n) is 9.27. The molecule has 1 aliphatic rings. The van der Waals surface area contributed by atoms with Crippen molar-refractivity contribution in [1.82, 2.24) is 4.98 Å². The van der Waals surface area contributed by atoms with E-state index in [9.17, 15) is 14.7 Å². The molecule has 2 N–H and O–H groups in total. The van der Waals surface area contributed by atoms with Gasteiger partial charge < -0.3 is 19.6 Å². The summed E-state index contributed by atoms with van der Waals surface area (Å²) >= 11 is 0. The number of fused-ring (bicyclic) bond motifs is 1. The van der Waals surface area contributed by atoms with E-state index >= 15 is 0 Å². The summed E-state index contributed by atoms with van der Waals surface area (Å²) in [5.41, 5.74) is 3.42. The van der Waals surface area contributed by atoms with Crippen LogP contribution in [0.25, 0.3) is 16.7 Å². The second-order valence-corrected chi connectivity index (χ2v) is 9.27. The summed E-state index contributed by atoms with van der Waals surface area (Å²) in [6.07, 6.45) is -0.000819. The van der Waals surface area contributed by atoms with Gasteiger partial charge in [0.1, 0.15) is 17.3 Å². The third-order valence-corrected chi connectivity index (χ3v) is 6.51. The average molecular weight is 497 g/mol. The number of aromatic nitrogens is 1. The number of Topliss-reactive ketones (excluding diaryl/α,β-unsaturated/α-hetero) is 1. The van der Waals surface area contributed by atoms with E-state index in [4.69, 9.17) is 9.47 Å². The molecule has 7 heteroatoms. The summed E-state index contributed by atoms with van der Waals surface area (Å²) in [7, 11) is 1.56. The van der Waals surface area contributed by atoms with Gasteiger partial charge in [0.25, 0.3) is 11.7 Å². The fourth-order valence-electron chi connectivity index (χ4n) is 4.88. The number of rotatable bonds is 6. The molecule has 1 atom stereocenters. The Labute approximate surface area is 214 Å². The molecule has 0 radical (unpaired) electrons. The van der Waals surface area contributed by atoms with Crippen LogP contribution in [0.3, 0.4) is 0 Å². The van der Waals surface area contributed by atoms with Gasteiger partial charge in [-0.05, 0) is 75.4 Å². The molecule has 188 valence electrons. The first kappa shape index (κ1) is 24.2. The average Bonchev–Trinajstić information content (AvgIpc) is 3.35. The Balaban J connectivity index is 1.72. The van der Waals surface area contributed by atoms with Crippen molar-refractivity contribution >= 4 is 34.0 Å². The third kappa shape index (κ3) is 4.22. The van der Waals surface area contributed by atoms with Crippen molar-refractivity contribution in [1.29, 1.82) is 0 Å². The summed E-state index contributed by atoms with van der Waals surface area (Å²) in [4.78, 5) is 31.8. The lowest BCUT2D eigenvalue weighted by Crippen LogP contribution is -2.29. The van der Waals surface area contributed by atoms with Crippen LogP contribution < -0.4 is 14.4 Å². The van der Waals surface area contributed by atoms with Crippen molar-refractivity contribution in [3.05, 3.63) is 95.2 Å². The molecule has 1 aliphatic heterocycles. The van der Waals surface area contributed by atoms with Crippen LogP contribution in [0.4, 0.5) is 5.69 Å². The van der Waals surface area contributed by atoms with Crippen LogP contribution in [-0.2, 0) is 9.59 Å². The van der Waals surface area contributed by atoms with Gasteiger partial charge in [-0.25, -0.2) is 0 Å². The van der Waals surface area contributed by atoms with Gasteiger partial charge in [0.15, 0.2) is 0 Å². The molecule has 7 nitrogen and oxygen atoms in total. The van der Waals surface area contributed by atoms with Crippen LogP contribution in [0, 0.1) is 6.92 Å². The molecule has 5 rings (SSSR count). The summed E-state index contributed by atoms with van der Waals surface area (Å²) in [6, 6.07) is 20.7. The Morgan fingerprint density at radius 2 is 1.59 bits per heavy atom. The molecule has 0 bridgehead atoms. The van der Waals surface area contributed by atoms with Crippen molar-refractivity contribution in [3.63, 3.8) is 0 Å². The zero-order valence-electron chi connectivity index (χ0n) is 21.1. The molecule has 1 saturated heterocycles. The van der Waals surface area contributed by atoms with E-state index in [1.165, 1.54) is 4.90 Å². The highest BCUT2D eigenvalue weighted by atomic mass is 16.5. The largest absolute Gasteiger partial charge is 0.507 e. The third-order valence-electron chi connectivity index (χ3n) is 6.51. The van der Waals surface area contributed by atoms with Crippen molar-refractivity contribution < 1.29 is 24.2 Å². The van der Waals surface area contributed by atoms with Gasteiger partial charge in [0.05, 0.1) is 24.8 Å². The minimum absolute atomic E-state index is 0.000819. The maximum atomic E-state index is 13.5. The quantitative estimate of drug-likeness (QED) is 0.197. The van der Waals surface area contributed by atoms with Crippen LogP contribution in [0.2, 0.25) is 0 Å². The summed E-state index contributed by atoms with van der Waals surface area (Å²) < 4.78 is 11.0. The van der Waals surface area contributed by atoms with Crippen LogP contribution in [-0.4, -0.2) is 35.0 Å². The van der Waals surface area contributed by atoms with E-state index in [-0.39, 0.29) is 17.4 Å². The summed E-state index contributed by atoms with van der Waals surface area (Å²) in [5.74, 6) is -0.412. The molecule has 0 saturated carbocycles. The lowest BCUT2D eigenvalue weighted by molar-refractivity contribution is -0.132. The number of benzene rings is 3. The predicted octanol–water partition coefficient (Wildman–Crippen LogP) is 5.90. The van der Waals surface area contributed by atoms with E-state index in [0.717, 1.165) is 22.2 Å². The molecule has 0 spiro atoms. The topological polar surface area (TPSA) is 91.9 Å². The predicted molar refractivity (Wildman–Crippen MR) is 143 cm³/mol. The highest BCUT2D eigenvalue weighted by Gasteiger charge is 2.48. The lowest BCUT2D eigenvalue weighted by Gasteiger charge is -2.26. The number of H-pyrrole nitrogens is 1. The molecule has 3 aromatic carbocycles. The van der Waals surface area contributed by atoms with Crippen LogP contribution in [0.15, 0.2) is 78.4 Å². The Morgan fingerprint density at radius 1 is 0.946 bits per heavy atom. The van der Waals surface area contributed by atoms with Crippen LogP contribution >= 0.6 is 0 Å². The van der Waals surface area contributed by atoms with Gasteiger partial charge in [0, 0.05) is 33.4 Å². The minimum atomic E-state index is -0.837. The number of aliphatic hydroxyl groups excluding tert-OH is 1. The van der Waals surface area contributed by atoms with Gasteiger partial charge in [-0.2, -0.15) is 0 Å². The smallest absolute Gasteiger partial charge is 0.300 e. The van der Waals surface area contributed by atoms with Gasteiger partial charge in [-0.15, -0.1) is 0 Å². The number of aryl methyl sites for hydroxylation is 1. The van der Waals surface area contributed by atoms with E-state index in [1.807, 2.05) is 45.0 Å². The molecule has 2 heterocycles. The fourth-order valence-corrected chi connectivity index (χ4v) is 4.88. The maximum Gasteiger partial charge on any atom is 0.300 e. The number of anilines is 1. The summed E-state index contributed by atoms with van der Waals surface area (Å²) in [5, 5.41) is 12.3.